The van der Waals surface area contributed by atoms with Crippen LogP contribution in [0.1, 0.15) is 57.8 Å². The molecule has 1 amide bonds. The van der Waals surface area contributed by atoms with Crippen LogP contribution in [0.3, 0.4) is 0 Å². The number of carbonyl (C=O) groups excluding carboxylic acids is 1. The van der Waals surface area contributed by atoms with Crippen LogP contribution in [0, 0.1) is 29.1 Å². The molecule has 0 aromatic carbocycles. The molecule has 1 spiro atoms. The molecule has 3 saturated carbocycles. The van der Waals surface area contributed by atoms with Gasteiger partial charge in [0.2, 0.25) is 5.91 Å². The number of carbonyl (C=O) groups is 2. The summed E-state index contributed by atoms with van der Waals surface area (Å²) in [4.78, 5) is 25.8. The number of piperidine rings is 1. The zero-order valence-corrected chi connectivity index (χ0v) is 13.3. The molecule has 4 rings (SSSR count). The Balaban J connectivity index is 1.28. The van der Waals surface area contributed by atoms with Gasteiger partial charge in [-0.15, -0.1) is 0 Å². The average molecular weight is 305 g/mol. The van der Waals surface area contributed by atoms with Crippen molar-refractivity contribution < 1.29 is 14.7 Å². The van der Waals surface area contributed by atoms with Gasteiger partial charge >= 0.3 is 5.97 Å². The van der Waals surface area contributed by atoms with Crippen molar-refractivity contribution in [1.29, 1.82) is 0 Å². The van der Waals surface area contributed by atoms with Crippen LogP contribution >= 0.6 is 0 Å². The molecule has 4 fully saturated rings. The summed E-state index contributed by atoms with van der Waals surface area (Å²) in [6, 6.07) is 0. The normalized spacial score (nSPS) is 37.1. The summed E-state index contributed by atoms with van der Waals surface area (Å²) in [6.45, 7) is 1.58. The molecule has 3 unspecified atom stereocenters. The fraction of sp³-hybridized carbons (Fsp3) is 0.889. The number of likely N-dealkylation sites (tertiary alicyclic amines) is 1. The molecule has 1 saturated heterocycles. The van der Waals surface area contributed by atoms with E-state index in [1.165, 1.54) is 32.1 Å². The number of rotatable bonds is 3. The largest absolute Gasteiger partial charge is 0.481 e. The van der Waals surface area contributed by atoms with Gasteiger partial charge in [-0.2, -0.15) is 0 Å². The third-order valence-corrected chi connectivity index (χ3v) is 6.97. The van der Waals surface area contributed by atoms with E-state index < -0.39 is 5.97 Å². The van der Waals surface area contributed by atoms with E-state index in [1.807, 2.05) is 4.90 Å². The molecule has 3 atom stereocenters. The van der Waals surface area contributed by atoms with Crippen LogP contribution < -0.4 is 0 Å². The molecule has 122 valence electrons. The average Bonchev–Trinajstić information content (AvgIpc) is 3.43. The van der Waals surface area contributed by atoms with Gasteiger partial charge in [0, 0.05) is 19.0 Å². The first-order valence-corrected chi connectivity index (χ1v) is 9.12. The first kappa shape index (κ1) is 14.5. The van der Waals surface area contributed by atoms with Crippen molar-refractivity contribution in [2.45, 2.75) is 57.8 Å². The van der Waals surface area contributed by atoms with Gasteiger partial charge in [-0.05, 0) is 42.9 Å². The van der Waals surface area contributed by atoms with Crippen molar-refractivity contribution in [3.05, 3.63) is 0 Å². The van der Waals surface area contributed by atoms with Crippen LogP contribution in [-0.2, 0) is 9.59 Å². The lowest BCUT2D eigenvalue weighted by Crippen LogP contribution is -2.41. The standard InChI is InChI=1S/C18H27NO3/c20-16(14-10-13(14)12-4-2-1-3-5-12)19-8-6-18(7-9-19)11-15(18)17(21)22/h12-15H,1-11H2,(H,21,22). The Bertz CT molecular complexity index is 475. The second-order valence-electron chi connectivity index (χ2n) is 8.19. The van der Waals surface area contributed by atoms with Crippen LogP contribution in [0.2, 0.25) is 0 Å². The Labute approximate surface area is 132 Å². The number of nitrogens with zero attached hydrogens (tertiary/aromatic N) is 1. The minimum Gasteiger partial charge on any atom is -0.481 e. The minimum atomic E-state index is -0.640. The van der Waals surface area contributed by atoms with E-state index in [-0.39, 0.29) is 11.3 Å². The Kier molecular flexibility index (Phi) is 3.46. The van der Waals surface area contributed by atoms with Crippen LogP contribution in [0.15, 0.2) is 0 Å². The van der Waals surface area contributed by atoms with Crippen molar-refractivity contribution in [1.82, 2.24) is 4.90 Å². The first-order chi connectivity index (χ1) is 10.6. The second kappa shape index (κ2) is 5.24. The van der Waals surface area contributed by atoms with Crippen molar-refractivity contribution in [3.63, 3.8) is 0 Å². The van der Waals surface area contributed by atoms with Crippen LogP contribution in [0.25, 0.3) is 0 Å². The minimum absolute atomic E-state index is 0.0366. The van der Waals surface area contributed by atoms with Gasteiger partial charge in [0.15, 0.2) is 0 Å². The highest BCUT2D eigenvalue weighted by molar-refractivity contribution is 5.82. The first-order valence-electron chi connectivity index (χ1n) is 9.12. The Morgan fingerprint density at radius 2 is 1.73 bits per heavy atom. The smallest absolute Gasteiger partial charge is 0.307 e. The molecule has 3 aliphatic carbocycles. The van der Waals surface area contributed by atoms with Crippen LogP contribution in [0.4, 0.5) is 0 Å². The maximum atomic E-state index is 12.7. The van der Waals surface area contributed by atoms with E-state index in [0.29, 0.717) is 17.7 Å². The lowest BCUT2D eigenvalue weighted by Gasteiger charge is -2.33. The quantitative estimate of drug-likeness (QED) is 0.872. The maximum absolute atomic E-state index is 12.7. The van der Waals surface area contributed by atoms with Gasteiger partial charge in [-0.25, -0.2) is 0 Å². The second-order valence-corrected chi connectivity index (χ2v) is 8.19. The van der Waals surface area contributed by atoms with E-state index >= 15 is 0 Å². The molecule has 1 N–H and O–H groups in total. The fourth-order valence-corrected chi connectivity index (χ4v) is 5.24. The zero-order chi connectivity index (χ0) is 15.3. The highest BCUT2D eigenvalue weighted by Crippen LogP contribution is 2.60. The van der Waals surface area contributed by atoms with E-state index in [2.05, 4.69) is 0 Å². The summed E-state index contributed by atoms with van der Waals surface area (Å²) in [5.74, 6) is 1.36. The third kappa shape index (κ3) is 2.44. The molecular weight excluding hydrogens is 278 g/mol. The molecular formula is C18H27NO3. The molecule has 22 heavy (non-hydrogen) atoms. The number of aliphatic carboxylic acids is 1. The summed E-state index contributed by atoms with van der Waals surface area (Å²) in [5.41, 5.74) is 0.0366. The monoisotopic (exact) mass is 305 g/mol. The lowest BCUT2D eigenvalue weighted by molar-refractivity contribution is -0.140. The van der Waals surface area contributed by atoms with Crippen molar-refractivity contribution in [2.75, 3.05) is 13.1 Å². The van der Waals surface area contributed by atoms with Gasteiger partial charge in [-0.3, -0.25) is 9.59 Å². The molecule has 0 bridgehead atoms. The molecule has 4 heteroatoms. The van der Waals surface area contributed by atoms with Gasteiger partial charge < -0.3 is 10.0 Å². The molecule has 4 aliphatic rings. The predicted octanol–water partition coefficient (Wildman–Crippen LogP) is 2.92. The highest BCUT2D eigenvalue weighted by Gasteiger charge is 2.59. The van der Waals surface area contributed by atoms with Crippen LogP contribution in [0.5, 0.6) is 0 Å². The van der Waals surface area contributed by atoms with Gasteiger partial charge in [0.1, 0.15) is 0 Å². The van der Waals surface area contributed by atoms with Gasteiger partial charge in [-0.1, -0.05) is 32.1 Å². The summed E-state index contributed by atoms with van der Waals surface area (Å²) in [7, 11) is 0. The Morgan fingerprint density at radius 3 is 2.32 bits per heavy atom. The molecule has 0 radical (unpaired) electrons. The molecule has 1 heterocycles. The van der Waals surface area contributed by atoms with Crippen molar-refractivity contribution in [2.24, 2.45) is 29.1 Å². The SMILES string of the molecule is O=C(O)C1CC12CCN(C(=O)C1CC1C1CCCCC1)CC2. The number of hydrogen-bond donors (Lipinski definition) is 1. The van der Waals surface area contributed by atoms with E-state index in [0.717, 1.165) is 44.7 Å². The van der Waals surface area contributed by atoms with Gasteiger partial charge in [0.25, 0.3) is 0 Å². The fourth-order valence-electron chi connectivity index (χ4n) is 5.24. The van der Waals surface area contributed by atoms with E-state index in [4.69, 9.17) is 5.11 Å². The molecule has 0 aromatic rings. The maximum Gasteiger partial charge on any atom is 0.307 e. The van der Waals surface area contributed by atoms with E-state index in [9.17, 15) is 9.59 Å². The molecule has 4 nitrogen and oxygen atoms in total. The summed E-state index contributed by atoms with van der Waals surface area (Å²) in [5, 5.41) is 9.14. The Morgan fingerprint density at radius 1 is 1.05 bits per heavy atom. The van der Waals surface area contributed by atoms with Crippen LogP contribution in [-0.4, -0.2) is 35.0 Å². The van der Waals surface area contributed by atoms with E-state index in [1.54, 1.807) is 0 Å². The topological polar surface area (TPSA) is 57.6 Å². The predicted molar refractivity (Wildman–Crippen MR) is 82.2 cm³/mol. The number of carboxylic acids is 1. The molecule has 0 aromatic heterocycles. The number of hydrogen-bond acceptors (Lipinski definition) is 2. The zero-order valence-electron chi connectivity index (χ0n) is 13.3. The number of carboxylic acid groups (broad SMARTS) is 1. The summed E-state index contributed by atoms with van der Waals surface area (Å²) in [6.07, 6.45) is 10.5. The highest BCUT2D eigenvalue weighted by atomic mass is 16.4. The third-order valence-electron chi connectivity index (χ3n) is 6.97. The lowest BCUT2D eigenvalue weighted by atomic mass is 9.85. The summed E-state index contributed by atoms with van der Waals surface area (Å²) < 4.78 is 0. The van der Waals surface area contributed by atoms with Crippen molar-refractivity contribution >= 4 is 11.9 Å². The Hall–Kier alpha value is -1.06. The molecule has 1 aliphatic heterocycles. The van der Waals surface area contributed by atoms with Crippen molar-refractivity contribution in [3.8, 4) is 0 Å². The number of amides is 1. The summed E-state index contributed by atoms with van der Waals surface area (Å²) >= 11 is 0. The van der Waals surface area contributed by atoms with Gasteiger partial charge in [0.05, 0.1) is 5.92 Å².